The summed E-state index contributed by atoms with van der Waals surface area (Å²) in [6, 6.07) is 4.54. The van der Waals surface area contributed by atoms with Crippen molar-refractivity contribution in [1.82, 2.24) is 0 Å². The maximum atomic E-state index is 10.8. The Kier molecular flexibility index (Phi) is 3.64. The first-order valence-electron chi connectivity index (χ1n) is 5.69. The van der Waals surface area contributed by atoms with Crippen molar-refractivity contribution in [3.05, 3.63) is 38.9 Å². The van der Waals surface area contributed by atoms with Crippen LogP contribution in [-0.2, 0) is 6.42 Å². The van der Waals surface area contributed by atoms with E-state index in [2.05, 4.69) is 0 Å². The van der Waals surface area contributed by atoms with Gasteiger partial charge in [-0.3, -0.25) is 10.1 Å². The van der Waals surface area contributed by atoms with Gasteiger partial charge in [0.05, 0.1) is 11.0 Å². The number of halogens is 1. The molecule has 0 amide bonds. The summed E-state index contributed by atoms with van der Waals surface area (Å²) in [4.78, 5) is 10.4. The van der Waals surface area contributed by atoms with Crippen LogP contribution in [0.5, 0.6) is 0 Å². The highest BCUT2D eigenvalue weighted by Crippen LogP contribution is 2.35. The lowest BCUT2D eigenvalue weighted by molar-refractivity contribution is -0.385. The SMILES string of the molecule is O=[N+]([O-])c1ccc(Cl)cc1CCC(O)C1CC1. The van der Waals surface area contributed by atoms with Gasteiger partial charge in [-0.2, -0.15) is 0 Å². The molecule has 1 atom stereocenters. The van der Waals surface area contributed by atoms with Crippen LogP contribution < -0.4 is 0 Å². The van der Waals surface area contributed by atoms with E-state index in [0.717, 1.165) is 12.8 Å². The molecule has 0 bridgehead atoms. The third-order valence-corrected chi connectivity index (χ3v) is 3.35. The van der Waals surface area contributed by atoms with Crippen LogP contribution >= 0.6 is 11.6 Å². The van der Waals surface area contributed by atoms with E-state index in [4.69, 9.17) is 11.6 Å². The van der Waals surface area contributed by atoms with Crippen molar-refractivity contribution in [3.8, 4) is 0 Å². The Labute approximate surface area is 104 Å². The number of nitro benzene ring substituents is 1. The lowest BCUT2D eigenvalue weighted by atomic mass is 10.0. The molecule has 92 valence electrons. The van der Waals surface area contributed by atoms with Crippen molar-refractivity contribution in [1.29, 1.82) is 0 Å². The van der Waals surface area contributed by atoms with Crippen molar-refractivity contribution in [2.45, 2.75) is 31.8 Å². The molecule has 4 nitrogen and oxygen atoms in total. The number of rotatable bonds is 5. The number of hydrogen-bond acceptors (Lipinski definition) is 3. The summed E-state index contributed by atoms with van der Waals surface area (Å²) in [5, 5.41) is 21.1. The van der Waals surface area contributed by atoms with Crippen LogP contribution in [0.15, 0.2) is 18.2 Å². The van der Waals surface area contributed by atoms with Crippen molar-refractivity contribution >= 4 is 17.3 Å². The standard InChI is InChI=1S/C12H14ClNO3/c13-10-4-5-11(14(16)17)9(7-10)3-6-12(15)8-1-2-8/h4-5,7-8,12,15H,1-3,6H2. The zero-order chi connectivity index (χ0) is 12.4. The molecule has 1 N–H and O–H groups in total. The number of hydrogen-bond donors (Lipinski definition) is 1. The van der Waals surface area contributed by atoms with Crippen LogP contribution in [-0.4, -0.2) is 16.1 Å². The molecule has 0 aromatic heterocycles. The molecule has 0 saturated heterocycles. The van der Waals surface area contributed by atoms with Crippen molar-refractivity contribution in [2.24, 2.45) is 5.92 Å². The molecule has 0 radical (unpaired) electrons. The van der Waals surface area contributed by atoms with Crippen molar-refractivity contribution in [2.75, 3.05) is 0 Å². The van der Waals surface area contributed by atoms with E-state index in [-0.39, 0.29) is 11.8 Å². The van der Waals surface area contributed by atoms with Crippen LogP contribution in [0.25, 0.3) is 0 Å². The Morgan fingerprint density at radius 1 is 1.53 bits per heavy atom. The molecular formula is C12H14ClNO3. The quantitative estimate of drug-likeness (QED) is 0.650. The second kappa shape index (κ2) is 5.02. The third kappa shape index (κ3) is 3.17. The van der Waals surface area contributed by atoms with Gasteiger partial charge in [0.15, 0.2) is 0 Å². The lowest BCUT2D eigenvalue weighted by Gasteiger charge is -2.09. The minimum Gasteiger partial charge on any atom is -0.393 e. The van der Waals surface area contributed by atoms with Crippen molar-refractivity contribution < 1.29 is 10.0 Å². The molecule has 1 aromatic rings. The van der Waals surface area contributed by atoms with Gasteiger partial charge in [0.1, 0.15) is 0 Å². The van der Waals surface area contributed by atoms with Crippen LogP contribution in [0.3, 0.4) is 0 Å². The van der Waals surface area contributed by atoms with Gasteiger partial charge < -0.3 is 5.11 Å². The first kappa shape index (κ1) is 12.3. The number of benzene rings is 1. The highest BCUT2D eigenvalue weighted by Gasteiger charge is 2.29. The Hall–Kier alpha value is -1.13. The fourth-order valence-corrected chi connectivity index (χ4v) is 2.15. The molecule has 17 heavy (non-hydrogen) atoms. The smallest absolute Gasteiger partial charge is 0.272 e. The Bertz CT molecular complexity index is 432. The Morgan fingerprint density at radius 2 is 2.24 bits per heavy atom. The van der Waals surface area contributed by atoms with Gasteiger partial charge in [0.2, 0.25) is 0 Å². The average Bonchev–Trinajstić information content (AvgIpc) is 3.09. The number of aliphatic hydroxyl groups excluding tert-OH is 1. The monoisotopic (exact) mass is 255 g/mol. The molecule has 1 aromatic carbocycles. The fourth-order valence-electron chi connectivity index (χ4n) is 1.95. The summed E-state index contributed by atoms with van der Waals surface area (Å²) >= 11 is 5.83. The topological polar surface area (TPSA) is 63.4 Å². The number of nitrogens with zero attached hydrogens (tertiary/aromatic N) is 1. The van der Waals surface area contributed by atoms with E-state index in [0.29, 0.717) is 29.3 Å². The highest BCUT2D eigenvalue weighted by molar-refractivity contribution is 6.30. The maximum absolute atomic E-state index is 10.8. The number of aryl methyl sites for hydroxylation is 1. The molecule has 1 aliphatic carbocycles. The Morgan fingerprint density at radius 3 is 2.82 bits per heavy atom. The molecule has 2 rings (SSSR count). The minimum absolute atomic E-state index is 0.0809. The van der Waals surface area contributed by atoms with E-state index < -0.39 is 4.92 Å². The fraction of sp³-hybridized carbons (Fsp3) is 0.500. The van der Waals surface area contributed by atoms with E-state index in [9.17, 15) is 15.2 Å². The number of nitro groups is 1. The highest BCUT2D eigenvalue weighted by atomic mass is 35.5. The second-order valence-electron chi connectivity index (χ2n) is 4.47. The predicted octanol–water partition coefficient (Wildman–Crippen LogP) is 2.95. The zero-order valence-electron chi connectivity index (χ0n) is 9.30. The molecule has 0 spiro atoms. The maximum Gasteiger partial charge on any atom is 0.272 e. The first-order valence-corrected chi connectivity index (χ1v) is 6.06. The first-order chi connectivity index (χ1) is 8.08. The lowest BCUT2D eigenvalue weighted by Crippen LogP contribution is -2.10. The van der Waals surface area contributed by atoms with E-state index in [1.54, 1.807) is 6.07 Å². The average molecular weight is 256 g/mol. The van der Waals surface area contributed by atoms with Gasteiger partial charge in [-0.05, 0) is 43.7 Å². The normalized spacial score (nSPS) is 16.8. The minimum atomic E-state index is -0.408. The molecule has 0 aliphatic heterocycles. The van der Waals surface area contributed by atoms with Crippen LogP contribution in [0.1, 0.15) is 24.8 Å². The van der Waals surface area contributed by atoms with E-state index in [1.165, 1.54) is 12.1 Å². The third-order valence-electron chi connectivity index (χ3n) is 3.11. The van der Waals surface area contributed by atoms with Gasteiger partial charge >= 0.3 is 0 Å². The molecule has 1 unspecified atom stereocenters. The van der Waals surface area contributed by atoms with Gasteiger partial charge in [0, 0.05) is 16.7 Å². The Balaban J connectivity index is 2.07. The summed E-state index contributed by atoms with van der Waals surface area (Å²) < 4.78 is 0. The summed E-state index contributed by atoms with van der Waals surface area (Å²) in [6.45, 7) is 0. The molecule has 0 heterocycles. The van der Waals surface area contributed by atoms with Crippen LogP contribution in [0.4, 0.5) is 5.69 Å². The molecule has 1 saturated carbocycles. The molecule has 1 fully saturated rings. The van der Waals surface area contributed by atoms with Crippen LogP contribution in [0, 0.1) is 16.0 Å². The van der Waals surface area contributed by atoms with Gasteiger partial charge in [0.25, 0.3) is 5.69 Å². The molecular weight excluding hydrogens is 242 g/mol. The van der Waals surface area contributed by atoms with E-state index >= 15 is 0 Å². The number of aliphatic hydroxyl groups is 1. The van der Waals surface area contributed by atoms with E-state index in [1.807, 2.05) is 0 Å². The van der Waals surface area contributed by atoms with Crippen molar-refractivity contribution in [3.63, 3.8) is 0 Å². The largest absolute Gasteiger partial charge is 0.393 e. The summed E-state index contributed by atoms with van der Waals surface area (Å²) in [7, 11) is 0. The van der Waals surface area contributed by atoms with Gasteiger partial charge in [-0.15, -0.1) is 0 Å². The van der Waals surface area contributed by atoms with Crippen LogP contribution in [0.2, 0.25) is 5.02 Å². The summed E-state index contributed by atoms with van der Waals surface area (Å²) in [5.41, 5.74) is 0.680. The van der Waals surface area contributed by atoms with Gasteiger partial charge in [-0.25, -0.2) is 0 Å². The molecule has 5 heteroatoms. The second-order valence-corrected chi connectivity index (χ2v) is 4.91. The summed E-state index contributed by atoms with van der Waals surface area (Å²) in [5.74, 6) is 0.397. The summed E-state index contributed by atoms with van der Waals surface area (Å²) in [6.07, 6.45) is 2.85. The van der Waals surface area contributed by atoms with Gasteiger partial charge in [-0.1, -0.05) is 11.6 Å². The zero-order valence-corrected chi connectivity index (χ0v) is 10.1. The predicted molar refractivity (Wildman–Crippen MR) is 65.2 cm³/mol. The molecule has 1 aliphatic rings.